The Kier molecular flexibility index (Phi) is 3.64. The second kappa shape index (κ2) is 5.18. The summed E-state index contributed by atoms with van der Waals surface area (Å²) in [6.45, 7) is 2.09. The van der Waals surface area contributed by atoms with Gasteiger partial charge in [-0.1, -0.05) is 0 Å². The van der Waals surface area contributed by atoms with Crippen LogP contribution in [0.5, 0.6) is 0 Å². The quantitative estimate of drug-likeness (QED) is 0.881. The Morgan fingerprint density at radius 3 is 3.00 bits per heavy atom. The summed E-state index contributed by atoms with van der Waals surface area (Å²) in [5.74, 6) is 0. The van der Waals surface area contributed by atoms with Crippen LogP contribution < -0.4 is 5.32 Å². The highest BCUT2D eigenvalue weighted by atomic mass is 32.1. The molecule has 0 fully saturated rings. The molecule has 0 aliphatic rings. The lowest BCUT2D eigenvalue weighted by molar-refractivity contribution is 0.579. The predicted molar refractivity (Wildman–Crippen MR) is 66.6 cm³/mol. The Morgan fingerprint density at radius 2 is 2.38 bits per heavy atom. The van der Waals surface area contributed by atoms with Crippen LogP contribution in [0.15, 0.2) is 30.0 Å². The molecule has 1 atom stereocenters. The zero-order valence-electron chi connectivity index (χ0n) is 9.47. The van der Waals surface area contributed by atoms with Crippen LogP contribution in [0.25, 0.3) is 0 Å². The number of hydrogen-bond donors (Lipinski definition) is 1. The van der Waals surface area contributed by atoms with Crippen LogP contribution in [0.1, 0.15) is 22.2 Å². The highest BCUT2D eigenvalue weighted by molar-refractivity contribution is 7.09. The normalized spacial score (nSPS) is 12.6. The van der Waals surface area contributed by atoms with E-state index < -0.39 is 0 Å². The van der Waals surface area contributed by atoms with Crippen molar-refractivity contribution >= 4 is 11.3 Å². The SMILES string of the molecule is CNC(Cc1cncs1)c1cc(C)ccn1. The van der Waals surface area contributed by atoms with Gasteiger partial charge >= 0.3 is 0 Å². The second-order valence-electron chi connectivity index (χ2n) is 3.77. The van der Waals surface area contributed by atoms with Gasteiger partial charge < -0.3 is 5.32 Å². The van der Waals surface area contributed by atoms with Gasteiger partial charge in [0, 0.05) is 23.7 Å². The van der Waals surface area contributed by atoms with Gasteiger partial charge in [-0.05, 0) is 31.7 Å². The molecule has 2 aromatic rings. The third-order valence-electron chi connectivity index (χ3n) is 2.53. The lowest BCUT2D eigenvalue weighted by Crippen LogP contribution is -2.19. The summed E-state index contributed by atoms with van der Waals surface area (Å²) in [6, 6.07) is 4.41. The minimum atomic E-state index is 0.264. The molecule has 0 bridgehead atoms. The third kappa shape index (κ3) is 2.65. The van der Waals surface area contributed by atoms with E-state index in [1.807, 2.05) is 31.0 Å². The minimum Gasteiger partial charge on any atom is -0.311 e. The van der Waals surface area contributed by atoms with Crippen LogP contribution in [0, 0.1) is 6.92 Å². The number of pyridine rings is 1. The number of thiazole rings is 1. The van der Waals surface area contributed by atoms with Crippen LogP contribution >= 0.6 is 11.3 Å². The minimum absolute atomic E-state index is 0.264. The molecule has 3 nitrogen and oxygen atoms in total. The molecular weight excluding hydrogens is 218 g/mol. The lowest BCUT2D eigenvalue weighted by Gasteiger charge is -2.14. The Balaban J connectivity index is 2.16. The molecular formula is C12H15N3S. The van der Waals surface area contributed by atoms with Crippen LogP contribution in [-0.2, 0) is 6.42 Å². The van der Waals surface area contributed by atoms with Gasteiger partial charge in [-0.15, -0.1) is 11.3 Å². The first-order valence-corrected chi connectivity index (χ1v) is 6.14. The first kappa shape index (κ1) is 11.2. The molecule has 2 rings (SSSR count). The first-order valence-electron chi connectivity index (χ1n) is 5.27. The maximum atomic E-state index is 4.41. The molecule has 84 valence electrons. The smallest absolute Gasteiger partial charge is 0.0794 e. The zero-order valence-corrected chi connectivity index (χ0v) is 10.3. The van der Waals surface area contributed by atoms with E-state index in [4.69, 9.17) is 0 Å². The van der Waals surface area contributed by atoms with Crippen molar-refractivity contribution in [3.63, 3.8) is 0 Å². The summed E-state index contributed by atoms with van der Waals surface area (Å²) in [5.41, 5.74) is 4.21. The number of aryl methyl sites for hydroxylation is 1. The predicted octanol–water partition coefficient (Wildman–Crippen LogP) is 2.35. The monoisotopic (exact) mass is 233 g/mol. The summed E-state index contributed by atoms with van der Waals surface area (Å²) in [5, 5.41) is 3.30. The van der Waals surface area contributed by atoms with E-state index in [1.54, 1.807) is 11.3 Å². The third-order valence-corrected chi connectivity index (χ3v) is 3.33. The number of likely N-dealkylation sites (N-methyl/N-ethyl adjacent to an activating group) is 1. The van der Waals surface area contributed by atoms with Crippen molar-refractivity contribution in [2.45, 2.75) is 19.4 Å². The van der Waals surface area contributed by atoms with Crippen LogP contribution in [0.2, 0.25) is 0 Å². The van der Waals surface area contributed by atoms with Crippen molar-refractivity contribution in [3.8, 4) is 0 Å². The molecule has 0 amide bonds. The molecule has 16 heavy (non-hydrogen) atoms. The molecule has 1 N–H and O–H groups in total. The van der Waals surface area contributed by atoms with Gasteiger partial charge in [0.05, 0.1) is 17.2 Å². The van der Waals surface area contributed by atoms with Crippen molar-refractivity contribution in [2.24, 2.45) is 0 Å². The fraction of sp³-hybridized carbons (Fsp3) is 0.333. The average molecular weight is 233 g/mol. The lowest BCUT2D eigenvalue weighted by atomic mass is 10.1. The maximum Gasteiger partial charge on any atom is 0.0794 e. The molecule has 0 saturated heterocycles. The summed E-state index contributed by atoms with van der Waals surface area (Å²) < 4.78 is 0. The Hall–Kier alpha value is -1.26. The van der Waals surface area contributed by atoms with E-state index >= 15 is 0 Å². The number of aromatic nitrogens is 2. The molecule has 2 aromatic heterocycles. The zero-order chi connectivity index (χ0) is 11.4. The average Bonchev–Trinajstić information content (AvgIpc) is 2.78. The number of hydrogen-bond acceptors (Lipinski definition) is 4. The topological polar surface area (TPSA) is 37.8 Å². The van der Waals surface area contributed by atoms with Gasteiger partial charge in [-0.2, -0.15) is 0 Å². The number of rotatable bonds is 4. The summed E-state index contributed by atoms with van der Waals surface area (Å²) >= 11 is 1.69. The van der Waals surface area contributed by atoms with Crippen molar-refractivity contribution in [3.05, 3.63) is 46.2 Å². The maximum absolute atomic E-state index is 4.41. The highest BCUT2D eigenvalue weighted by Gasteiger charge is 2.12. The molecule has 0 saturated carbocycles. The molecule has 2 heterocycles. The van der Waals surface area contributed by atoms with Gasteiger partial charge in [-0.3, -0.25) is 9.97 Å². The van der Waals surface area contributed by atoms with Crippen LogP contribution in [0.4, 0.5) is 0 Å². The van der Waals surface area contributed by atoms with Gasteiger partial charge in [0.15, 0.2) is 0 Å². The summed E-state index contributed by atoms with van der Waals surface area (Å²) in [6.07, 6.45) is 4.73. The molecule has 0 aliphatic carbocycles. The molecule has 0 aromatic carbocycles. The highest BCUT2D eigenvalue weighted by Crippen LogP contribution is 2.19. The van der Waals surface area contributed by atoms with Crippen LogP contribution in [-0.4, -0.2) is 17.0 Å². The van der Waals surface area contributed by atoms with Gasteiger partial charge in [-0.25, -0.2) is 0 Å². The number of nitrogens with zero attached hydrogens (tertiary/aromatic N) is 2. The summed E-state index contributed by atoms with van der Waals surface area (Å²) in [7, 11) is 1.97. The molecule has 0 radical (unpaired) electrons. The molecule has 0 aliphatic heterocycles. The van der Waals surface area contributed by atoms with Gasteiger partial charge in [0.25, 0.3) is 0 Å². The largest absolute Gasteiger partial charge is 0.311 e. The summed E-state index contributed by atoms with van der Waals surface area (Å²) in [4.78, 5) is 9.78. The second-order valence-corrected chi connectivity index (χ2v) is 4.74. The number of nitrogens with one attached hydrogen (secondary N) is 1. The van der Waals surface area contributed by atoms with E-state index in [0.29, 0.717) is 0 Å². The van der Waals surface area contributed by atoms with E-state index in [2.05, 4.69) is 28.3 Å². The van der Waals surface area contributed by atoms with Gasteiger partial charge in [0.2, 0.25) is 0 Å². The Morgan fingerprint density at radius 1 is 1.50 bits per heavy atom. The fourth-order valence-corrected chi connectivity index (χ4v) is 2.29. The van der Waals surface area contributed by atoms with Crippen molar-refractivity contribution in [1.29, 1.82) is 0 Å². The van der Waals surface area contributed by atoms with Crippen molar-refractivity contribution < 1.29 is 0 Å². The standard InChI is InChI=1S/C12H15N3S/c1-9-3-4-15-12(5-9)11(13-2)6-10-7-14-8-16-10/h3-5,7-8,11,13H,6H2,1-2H3. The van der Waals surface area contributed by atoms with E-state index in [0.717, 1.165) is 12.1 Å². The molecule has 4 heteroatoms. The fourth-order valence-electron chi connectivity index (χ4n) is 1.65. The molecule has 1 unspecified atom stereocenters. The van der Waals surface area contributed by atoms with Gasteiger partial charge in [0.1, 0.15) is 0 Å². The Bertz CT molecular complexity index is 439. The van der Waals surface area contributed by atoms with E-state index in [-0.39, 0.29) is 6.04 Å². The van der Waals surface area contributed by atoms with E-state index in [1.165, 1.54) is 10.4 Å². The van der Waals surface area contributed by atoms with Crippen molar-refractivity contribution in [1.82, 2.24) is 15.3 Å². The van der Waals surface area contributed by atoms with Crippen molar-refractivity contribution in [2.75, 3.05) is 7.05 Å². The first-order chi connectivity index (χ1) is 7.79. The molecule has 0 spiro atoms. The van der Waals surface area contributed by atoms with Crippen LogP contribution in [0.3, 0.4) is 0 Å². The Labute approximate surface area is 99.6 Å². The van der Waals surface area contributed by atoms with E-state index in [9.17, 15) is 0 Å².